The summed E-state index contributed by atoms with van der Waals surface area (Å²) < 4.78 is 5.15. The molecule has 0 radical (unpaired) electrons. The zero-order valence-electron chi connectivity index (χ0n) is 9.28. The summed E-state index contributed by atoms with van der Waals surface area (Å²) in [6, 6.07) is 8.88. The van der Waals surface area contributed by atoms with Crippen LogP contribution in [0.15, 0.2) is 24.3 Å². The quantitative estimate of drug-likeness (QED) is 0.805. The summed E-state index contributed by atoms with van der Waals surface area (Å²) in [6.45, 7) is 0. The van der Waals surface area contributed by atoms with Crippen LogP contribution >= 0.6 is 0 Å². The van der Waals surface area contributed by atoms with Gasteiger partial charge < -0.3 is 10.5 Å². The first-order valence-corrected chi connectivity index (χ1v) is 5.69. The van der Waals surface area contributed by atoms with Crippen LogP contribution in [-0.2, 0) is 0 Å². The Morgan fingerprint density at radius 1 is 1.07 bits per heavy atom. The number of rotatable bonds is 2. The minimum atomic E-state index is 0.430. The molecule has 2 N–H and O–H groups in total. The topological polar surface area (TPSA) is 35.2 Å². The summed E-state index contributed by atoms with van der Waals surface area (Å²) in [5.41, 5.74) is 7.33. The summed E-state index contributed by atoms with van der Waals surface area (Å²) in [4.78, 5) is 0. The summed E-state index contributed by atoms with van der Waals surface area (Å²) in [6.07, 6.45) is 4.79. The molecule has 1 aliphatic rings. The van der Waals surface area contributed by atoms with Crippen molar-refractivity contribution in [3.05, 3.63) is 29.8 Å². The molecule has 0 spiro atoms. The maximum absolute atomic E-state index is 5.90. The Labute approximate surface area is 91.4 Å². The van der Waals surface area contributed by atoms with E-state index in [1.807, 2.05) is 12.1 Å². The van der Waals surface area contributed by atoms with Gasteiger partial charge in [-0.2, -0.15) is 0 Å². The SMILES string of the molecule is COc1ccc([C@H]2CC[C@H](N)CC2)cc1. The fraction of sp³-hybridized carbons (Fsp3) is 0.538. The van der Waals surface area contributed by atoms with Gasteiger partial charge in [0.25, 0.3) is 0 Å². The summed E-state index contributed by atoms with van der Waals surface area (Å²) in [7, 11) is 1.70. The summed E-state index contributed by atoms with van der Waals surface area (Å²) in [5, 5.41) is 0. The lowest BCUT2D eigenvalue weighted by atomic mass is 9.82. The minimum Gasteiger partial charge on any atom is -0.497 e. The normalized spacial score (nSPS) is 26.3. The number of hydrogen-bond donors (Lipinski definition) is 1. The Balaban J connectivity index is 2.03. The molecule has 2 nitrogen and oxygen atoms in total. The molecule has 1 saturated carbocycles. The second-order valence-corrected chi connectivity index (χ2v) is 4.38. The highest BCUT2D eigenvalue weighted by molar-refractivity contribution is 5.29. The van der Waals surface area contributed by atoms with E-state index in [-0.39, 0.29) is 0 Å². The molecule has 2 heteroatoms. The lowest BCUT2D eigenvalue weighted by Gasteiger charge is -2.26. The molecule has 1 aromatic rings. The number of hydrogen-bond acceptors (Lipinski definition) is 2. The zero-order chi connectivity index (χ0) is 10.7. The van der Waals surface area contributed by atoms with Crippen LogP contribution in [0.4, 0.5) is 0 Å². The molecule has 0 bridgehead atoms. The third-order valence-electron chi connectivity index (χ3n) is 3.36. The third-order valence-corrected chi connectivity index (χ3v) is 3.36. The maximum atomic E-state index is 5.90. The Hall–Kier alpha value is -1.02. The molecular weight excluding hydrogens is 186 g/mol. The van der Waals surface area contributed by atoms with E-state index in [0.717, 1.165) is 18.6 Å². The van der Waals surface area contributed by atoms with Crippen LogP contribution in [-0.4, -0.2) is 13.2 Å². The van der Waals surface area contributed by atoms with Crippen molar-refractivity contribution in [1.29, 1.82) is 0 Å². The van der Waals surface area contributed by atoms with Crippen molar-refractivity contribution in [1.82, 2.24) is 0 Å². The molecule has 0 unspecified atom stereocenters. The van der Waals surface area contributed by atoms with Crippen molar-refractivity contribution in [2.45, 2.75) is 37.6 Å². The van der Waals surface area contributed by atoms with E-state index in [9.17, 15) is 0 Å². The van der Waals surface area contributed by atoms with Gasteiger partial charge in [-0.05, 0) is 49.3 Å². The smallest absolute Gasteiger partial charge is 0.118 e. The van der Waals surface area contributed by atoms with Gasteiger partial charge in [0.1, 0.15) is 5.75 Å². The predicted octanol–water partition coefficient (Wildman–Crippen LogP) is 2.68. The van der Waals surface area contributed by atoms with Crippen LogP contribution < -0.4 is 10.5 Å². The first-order valence-electron chi connectivity index (χ1n) is 5.69. The fourth-order valence-corrected chi connectivity index (χ4v) is 2.33. The molecule has 1 aliphatic carbocycles. The molecule has 2 rings (SSSR count). The predicted molar refractivity (Wildman–Crippen MR) is 62.2 cm³/mol. The highest BCUT2D eigenvalue weighted by atomic mass is 16.5. The van der Waals surface area contributed by atoms with Crippen LogP contribution in [0.2, 0.25) is 0 Å². The number of methoxy groups -OCH3 is 1. The second kappa shape index (κ2) is 4.67. The molecule has 0 aliphatic heterocycles. The Kier molecular flexibility index (Phi) is 3.27. The van der Waals surface area contributed by atoms with E-state index < -0.39 is 0 Å². The standard InChI is InChI=1S/C13H19NO/c1-15-13-8-4-11(5-9-13)10-2-6-12(14)7-3-10/h4-5,8-10,12H,2-3,6-7,14H2,1H3/t10-,12-. The molecule has 0 saturated heterocycles. The third kappa shape index (κ3) is 2.51. The first-order chi connectivity index (χ1) is 7.29. The first kappa shape index (κ1) is 10.5. The molecule has 1 aromatic carbocycles. The highest BCUT2D eigenvalue weighted by Gasteiger charge is 2.19. The van der Waals surface area contributed by atoms with Gasteiger partial charge in [-0.25, -0.2) is 0 Å². The van der Waals surface area contributed by atoms with Gasteiger partial charge in [-0.3, -0.25) is 0 Å². The number of nitrogens with two attached hydrogens (primary N) is 1. The van der Waals surface area contributed by atoms with Crippen LogP contribution in [0, 0.1) is 0 Å². The number of ether oxygens (including phenoxy) is 1. The molecule has 0 atom stereocenters. The molecular formula is C13H19NO. The van der Waals surface area contributed by atoms with Gasteiger partial charge in [0.05, 0.1) is 7.11 Å². The van der Waals surface area contributed by atoms with Gasteiger partial charge >= 0.3 is 0 Å². The lowest BCUT2D eigenvalue weighted by Crippen LogP contribution is -2.25. The van der Waals surface area contributed by atoms with Crippen molar-refractivity contribution in [3.8, 4) is 5.75 Å². The summed E-state index contributed by atoms with van der Waals surface area (Å²) >= 11 is 0. The molecule has 82 valence electrons. The fourth-order valence-electron chi connectivity index (χ4n) is 2.33. The molecule has 0 aromatic heterocycles. The van der Waals surface area contributed by atoms with Gasteiger partial charge in [0.2, 0.25) is 0 Å². The Bertz CT molecular complexity index is 299. The van der Waals surface area contributed by atoms with E-state index in [0.29, 0.717) is 12.0 Å². The molecule has 0 amide bonds. The second-order valence-electron chi connectivity index (χ2n) is 4.38. The van der Waals surface area contributed by atoms with Crippen molar-refractivity contribution in [2.24, 2.45) is 5.73 Å². The molecule has 0 heterocycles. The van der Waals surface area contributed by atoms with E-state index >= 15 is 0 Å². The van der Waals surface area contributed by atoms with Crippen LogP contribution in [0.3, 0.4) is 0 Å². The van der Waals surface area contributed by atoms with E-state index in [4.69, 9.17) is 10.5 Å². The van der Waals surface area contributed by atoms with Gasteiger partial charge in [-0.1, -0.05) is 12.1 Å². The van der Waals surface area contributed by atoms with Crippen molar-refractivity contribution in [2.75, 3.05) is 7.11 Å². The summed E-state index contributed by atoms with van der Waals surface area (Å²) in [5.74, 6) is 1.64. The lowest BCUT2D eigenvalue weighted by molar-refractivity contribution is 0.394. The van der Waals surface area contributed by atoms with Crippen LogP contribution in [0.1, 0.15) is 37.2 Å². The maximum Gasteiger partial charge on any atom is 0.118 e. The Morgan fingerprint density at radius 3 is 2.20 bits per heavy atom. The van der Waals surface area contributed by atoms with Crippen molar-refractivity contribution < 1.29 is 4.74 Å². The largest absolute Gasteiger partial charge is 0.497 e. The van der Waals surface area contributed by atoms with E-state index in [2.05, 4.69) is 12.1 Å². The number of benzene rings is 1. The average Bonchev–Trinajstić information content (AvgIpc) is 2.30. The van der Waals surface area contributed by atoms with Gasteiger partial charge in [0, 0.05) is 6.04 Å². The van der Waals surface area contributed by atoms with Crippen LogP contribution in [0.5, 0.6) is 5.75 Å². The van der Waals surface area contributed by atoms with Crippen LogP contribution in [0.25, 0.3) is 0 Å². The minimum absolute atomic E-state index is 0.430. The molecule has 1 fully saturated rings. The monoisotopic (exact) mass is 205 g/mol. The molecule has 15 heavy (non-hydrogen) atoms. The van der Waals surface area contributed by atoms with E-state index in [1.54, 1.807) is 7.11 Å². The van der Waals surface area contributed by atoms with Crippen molar-refractivity contribution in [3.63, 3.8) is 0 Å². The Morgan fingerprint density at radius 2 is 1.67 bits per heavy atom. The average molecular weight is 205 g/mol. The highest BCUT2D eigenvalue weighted by Crippen LogP contribution is 2.32. The van der Waals surface area contributed by atoms with Crippen molar-refractivity contribution >= 4 is 0 Å². The van der Waals surface area contributed by atoms with E-state index in [1.165, 1.54) is 18.4 Å². The zero-order valence-corrected chi connectivity index (χ0v) is 9.28. The van der Waals surface area contributed by atoms with Gasteiger partial charge in [-0.15, -0.1) is 0 Å². The van der Waals surface area contributed by atoms with Gasteiger partial charge in [0.15, 0.2) is 0 Å².